The van der Waals surface area contributed by atoms with Crippen molar-refractivity contribution in [2.45, 2.75) is 70.9 Å². The molecule has 4 heterocycles. The Balaban J connectivity index is 1.33. The highest BCUT2D eigenvalue weighted by Crippen LogP contribution is 2.37. The molecule has 0 bridgehead atoms. The molecule has 5 aromatic rings. The average molecular weight is 602 g/mol. The molecule has 0 saturated heterocycles. The summed E-state index contributed by atoms with van der Waals surface area (Å²) in [6, 6.07) is 18.2. The third-order valence-corrected chi connectivity index (χ3v) is 9.91. The Kier molecular flexibility index (Phi) is 8.20. The molecular formula is C32H35N5O3S2. The Hall–Kier alpha value is -3.47. The first-order valence-electron chi connectivity index (χ1n) is 14.4. The minimum Gasteiger partial charge on any atom is -0.372 e. The average Bonchev–Trinajstić information content (AvgIpc) is 3.57. The van der Waals surface area contributed by atoms with Crippen LogP contribution < -0.4 is 10.9 Å². The van der Waals surface area contributed by atoms with Crippen molar-refractivity contribution in [2.24, 2.45) is 5.92 Å². The van der Waals surface area contributed by atoms with Crippen molar-refractivity contribution in [3.8, 4) is 5.69 Å². The van der Waals surface area contributed by atoms with Gasteiger partial charge in [-0.3, -0.25) is 9.59 Å². The van der Waals surface area contributed by atoms with Crippen LogP contribution in [0.1, 0.15) is 48.8 Å². The van der Waals surface area contributed by atoms with Crippen LogP contribution >= 0.6 is 23.1 Å². The van der Waals surface area contributed by atoms with Gasteiger partial charge in [-0.25, -0.2) is 8.97 Å². The van der Waals surface area contributed by atoms with Gasteiger partial charge in [-0.15, -0.1) is 21.5 Å². The van der Waals surface area contributed by atoms with E-state index in [1.165, 1.54) is 17.3 Å². The summed E-state index contributed by atoms with van der Waals surface area (Å²) in [5.74, 6) is 0.923. The van der Waals surface area contributed by atoms with E-state index in [2.05, 4.69) is 41.5 Å². The third-order valence-electron chi connectivity index (χ3n) is 7.79. The molecule has 1 N–H and O–H groups in total. The molecule has 1 aliphatic heterocycles. The van der Waals surface area contributed by atoms with Crippen molar-refractivity contribution >= 4 is 45.0 Å². The fraction of sp³-hybridized carbons (Fsp3) is 0.375. The first kappa shape index (κ1) is 28.6. The second-order valence-corrected chi connectivity index (χ2v) is 13.4. The van der Waals surface area contributed by atoms with E-state index in [1.54, 1.807) is 15.9 Å². The lowest BCUT2D eigenvalue weighted by molar-refractivity contribution is -0.119. The number of thioether (sulfide) groups is 1. The molecule has 0 aliphatic carbocycles. The molecule has 2 aromatic carbocycles. The summed E-state index contributed by atoms with van der Waals surface area (Å²) in [4.78, 5) is 29.0. The molecule has 42 heavy (non-hydrogen) atoms. The minimum absolute atomic E-state index is 0.0459. The summed E-state index contributed by atoms with van der Waals surface area (Å²) in [6.45, 7) is 8.82. The van der Waals surface area contributed by atoms with Crippen molar-refractivity contribution in [1.29, 1.82) is 0 Å². The van der Waals surface area contributed by atoms with Gasteiger partial charge < -0.3 is 10.1 Å². The molecule has 6 rings (SSSR count). The Morgan fingerprint density at radius 1 is 1.14 bits per heavy atom. The molecular weight excluding hydrogens is 567 g/mol. The Bertz CT molecular complexity index is 1810. The van der Waals surface area contributed by atoms with Crippen LogP contribution in [0.2, 0.25) is 0 Å². The number of aromatic nitrogens is 4. The quantitative estimate of drug-likeness (QED) is 0.217. The number of fused-ring (bicyclic) bond motifs is 5. The van der Waals surface area contributed by atoms with Crippen LogP contribution in [0.25, 0.3) is 21.7 Å². The summed E-state index contributed by atoms with van der Waals surface area (Å²) in [7, 11) is 0. The van der Waals surface area contributed by atoms with Crippen LogP contribution in [0.3, 0.4) is 0 Å². The number of nitrogens with zero attached hydrogens (tertiary/aromatic N) is 4. The van der Waals surface area contributed by atoms with E-state index < -0.39 is 0 Å². The van der Waals surface area contributed by atoms with Gasteiger partial charge in [0.25, 0.3) is 5.56 Å². The fourth-order valence-corrected chi connectivity index (χ4v) is 7.55. The number of nitrogens with one attached hydrogen (secondary N) is 1. The van der Waals surface area contributed by atoms with Gasteiger partial charge in [0.15, 0.2) is 5.16 Å². The lowest BCUT2D eigenvalue weighted by Crippen LogP contribution is -2.34. The normalized spacial score (nSPS) is 15.8. The largest absolute Gasteiger partial charge is 0.372 e. The number of benzene rings is 2. The van der Waals surface area contributed by atoms with Crippen LogP contribution in [-0.4, -0.2) is 43.0 Å². The lowest BCUT2D eigenvalue weighted by atomic mass is 9.96. The monoisotopic (exact) mass is 601 g/mol. The van der Waals surface area contributed by atoms with E-state index in [1.807, 2.05) is 60.7 Å². The Morgan fingerprint density at radius 3 is 2.71 bits per heavy atom. The van der Waals surface area contributed by atoms with Crippen LogP contribution in [0.5, 0.6) is 0 Å². The first-order chi connectivity index (χ1) is 20.3. The summed E-state index contributed by atoms with van der Waals surface area (Å²) in [5.41, 5.74) is 4.01. The number of thiophene rings is 1. The predicted octanol–water partition coefficient (Wildman–Crippen LogP) is 5.73. The fourth-order valence-electron chi connectivity index (χ4n) is 5.51. The molecule has 0 fully saturated rings. The number of carbonyl (C=O) groups excluding carboxylic acids is 1. The van der Waals surface area contributed by atoms with Gasteiger partial charge in [-0.1, -0.05) is 68.1 Å². The third kappa shape index (κ3) is 5.63. The number of hydrogen-bond donors (Lipinski definition) is 1. The molecule has 218 valence electrons. The molecule has 0 spiro atoms. The van der Waals surface area contributed by atoms with Crippen LogP contribution in [0.4, 0.5) is 0 Å². The van der Waals surface area contributed by atoms with E-state index in [9.17, 15) is 9.59 Å². The standard InChI is InChI=1S/C32H35N5O3S2/c1-19(2)25-16-24-26(17-40-25)42-30-28(24)29(39)36(23-12-8-9-20(3)15-23)31-34-35-32(37(30)31)41-18-27(38)33-21(4)13-14-22-10-6-5-7-11-22/h5-12,15,19,21,25H,13-14,16-18H2,1-4H3,(H,33,38)/t21-,25-/m1/s1. The first-order valence-corrected chi connectivity index (χ1v) is 16.2. The molecule has 0 unspecified atom stereocenters. The topological polar surface area (TPSA) is 90.5 Å². The van der Waals surface area contributed by atoms with Crippen LogP contribution in [0.15, 0.2) is 64.5 Å². The zero-order valence-electron chi connectivity index (χ0n) is 24.3. The van der Waals surface area contributed by atoms with Gasteiger partial charge in [-0.2, -0.15) is 0 Å². The Morgan fingerprint density at radius 2 is 1.95 bits per heavy atom. The van der Waals surface area contributed by atoms with Crippen molar-refractivity contribution < 1.29 is 9.53 Å². The van der Waals surface area contributed by atoms with Gasteiger partial charge in [0.05, 0.1) is 29.5 Å². The molecule has 10 heteroatoms. The van der Waals surface area contributed by atoms with Crippen molar-refractivity contribution in [3.05, 3.63) is 86.5 Å². The predicted molar refractivity (Wildman–Crippen MR) is 169 cm³/mol. The number of carbonyl (C=O) groups is 1. The van der Waals surface area contributed by atoms with Crippen molar-refractivity contribution in [1.82, 2.24) is 24.5 Å². The van der Waals surface area contributed by atoms with Gasteiger partial charge in [0.1, 0.15) is 4.83 Å². The summed E-state index contributed by atoms with van der Waals surface area (Å²) >= 11 is 2.90. The maximum absolute atomic E-state index is 14.2. The zero-order valence-corrected chi connectivity index (χ0v) is 25.9. The molecule has 3 aromatic heterocycles. The number of amides is 1. The van der Waals surface area contributed by atoms with E-state index in [0.717, 1.165) is 39.4 Å². The molecule has 0 saturated carbocycles. The van der Waals surface area contributed by atoms with Crippen LogP contribution in [0, 0.1) is 12.8 Å². The van der Waals surface area contributed by atoms with Crippen molar-refractivity contribution in [3.63, 3.8) is 0 Å². The molecule has 1 aliphatic rings. The van der Waals surface area contributed by atoms with E-state index in [-0.39, 0.29) is 29.4 Å². The van der Waals surface area contributed by atoms with Gasteiger partial charge in [0.2, 0.25) is 11.7 Å². The van der Waals surface area contributed by atoms with Gasteiger partial charge >= 0.3 is 0 Å². The zero-order chi connectivity index (χ0) is 29.4. The maximum atomic E-state index is 14.2. The maximum Gasteiger partial charge on any atom is 0.268 e. The molecule has 1 amide bonds. The number of aryl methyl sites for hydroxylation is 2. The van der Waals surface area contributed by atoms with E-state index in [4.69, 9.17) is 4.74 Å². The van der Waals surface area contributed by atoms with Gasteiger partial charge in [-0.05, 0) is 61.4 Å². The number of hydrogen-bond acceptors (Lipinski definition) is 7. The molecule has 8 nitrogen and oxygen atoms in total. The summed E-state index contributed by atoms with van der Waals surface area (Å²) in [5, 5.41) is 13.4. The Labute approximate surface area is 253 Å². The van der Waals surface area contributed by atoms with Gasteiger partial charge in [0, 0.05) is 17.3 Å². The van der Waals surface area contributed by atoms with E-state index in [0.29, 0.717) is 35.3 Å². The second kappa shape index (κ2) is 12.0. The number of ether oxygens (including phenoxy) is 1. The second-order valence-electron chi connectivity index (χ2n) is 11.4. The smallest absolute Gasteiger partial charge is 0.268 e. The summed E-state index contributed by atoms with van der Waals surface area (Å²) in [6.07, 6.45) is 2.51. The van der Waals surface area contributed by atoms with E-state index >= 15 is 0 Å². The number of rotatable bonds is 9. The molecule has 0 radical (unpaired) electrons. The highest BCUT2D eigenvalue weighted by atomic mass is 32.2. The lowest BCUT2D eigenvalue weighted by Gasteiger charge is -2.26. The minimum atomic E-state index is -0.0982. The highest BCUT2D eigenvalue weighted by molar-refractivity contribution is 7.99. The SMILES string of the molecule is Cc1cccc(-n2c(=O)c3c4c(sc3n3c(SCC(=O)N[C@H](C)CCc5ccccc5)nnc23)CO[C@@H](C(C)C)C4)c1. The summed E-state index contributed by atoms with van der Waals surface area (Å²) < 4.78 is 9.76. The van der Waals surface area contributed by atoms with Crippen molar-refractivity contribution in [2.75, 3.05) is 5.75 Å². The van der Waals surface area contributed by atoms with Crippen LogP contribution in [-0.2, 0) is 29.0 Å². The molecule has 2 atom stereocenters. The highest BCUT2D eigenvalue weighted by Gasteiger charge is 2.30.